The van der Waals surface area contributed by atoms with Crippen LogP contribution in [0.15, 0.2) is 53.6 Å². The fourth-order valence-electron chi connectivity index (χ4n) is 2.49. The molecule has 1 aromatic carbocycles. The molecule has 27 heavy (non-hydrogen) atoms. The number of hydrogen-bond acceptors (Lipinski definition) is 4. The molecule has 0 heterocycles. The third kappa shape index (κ3) is 10.7. The van der Waals surface area contributed by atoms with Crippen molar-refractivity contribution < 1.29 is 9.59 Å². The van der Waals surface area contributed by atoms with Crippen LogP contribution in [0.1, 0.15) is 52.1 Å². The fraction of sp³-hybridized carbons (Fsp3) is 0.429. The normalized spacial score (nSPS) is 14.3. The van der Waals surface area contributed by atoms with Crippen LogP contribution < -0.4 is 16.4 Å². The summed E-state index contributed by atoms with van der Waals surface area (Å²) in [6.45, 7) is 8.01. The Morgan fingerprint density at radius 2 is 1.85 bits per heavy atom. The van der Waals surface area contributed by atoms with E-state index < -0.39 is 5.66 Å². The number of hydrogen-bond donors (Lipinski definition) is 3. The molecule has 0 spiro atoms. The Morgan fingerprint density at radius 1 is 1.22 bits per heavy atom. The van der Waals surface area contributed by atoms with Gasteiger partial charge in [0.1, 0.15) is 5.66 Å². The van der Waals surface area contributed by atoms with Gasteiger partial charge in [-0.3, -0.25) is 14.9 Å². The monoisotopic (exact) mass is 393 g/mol. The van der Waals surface area contributed by atoms with Crippen LogP contribution in [0.2, 0.25) is 0 Å². The molecule has 1 rings (SSSR count). The van der Waals surface area contributed by atoms with E-state index in [1.54, 1.807) is 13.0 Å². The van der Waals surface area contributed by atoms with Crippen molar-refractivity contribution in [2.24, 2.45) is 5.73 Å². The summed E-state index contributed by atoms with van der Waals surface area (Å²) in [6.07, 6.45) is 6.23. The van der Waals surface area contributed by atoms with E-state index in [1.807, 2.05) is 37.3 Å². The number of carbonyl (C=O) groups excluding carboxylic acids is 2. The number of allylic oxidation sites excluding steroid dienone is 3. The van der Waals surface area contributed by atoms with E-state index in [9.17, 15) is 9.59 Å². The highest BCUT2D eigenvalue weighted by Gasteiger charge is 2.23. The Labute approximate surface area is 168 Å². The summed E-state index contributed by atoms with van der Waals surface area (Å²) >= 11 is 0. The van der Waals surface area contributed by atoms with Crippen LogP contribution in [0.3, 0.4) is 0 Å². The molecule has 0 radical (unpaired) electrons. The predicted octanol–water partition coefficient (Wildman–Crippen LogP) is 3.42. The smallest absolute Gasteiger partial charge is 0.243 e. The number of nitrogens with two attached hydrogens (primary N) is 1. The minimum absolute atomic E-state index is 0. The molecular formula is C21H32ClN3O2. The quantitative estimate of drug-likeness (QED) is 0.246. The van der Waals surface area contributed by atoms with Crippen molar-refractivity contribution in [1.82, 2.24) is 10.6 Å². The molecule has 4 N–H and O–H groups in total. The molecule has 0 aliphatic carbocycles. The number of carbonyl (C=O) groups is 2. The lowest BCUT2D eigenvalue weighted by molar-refractivity contribution is -0.116. The number of rotatable bonds is 10. The average molecular weight is 394 g/mol. The molecule has 0 bridgehead atoms. The van der Waals surface area contributed by atoms with Gasteiger partial charge in [0.05, 0.1) is 6.04 Å². The summed E-state index contributed by atoms with van der Waals surface area (Å²) in [6, 6.07) is 9.34. The maximum absolute atomic E-state index is 12.2. The van der Waals surface area contributed by atoms with Gasteiger partial charge in [0.15, 0.2) is 6.29 Å². The number of aldehydes is 1. The summed E-state index contributed by atoms with van der Waals surface area (Å²) in [5.41, 5.74) is 8.01. The topological polar surface area (TPSA) is 84.2 Å². The highest BCUT2D eigenvalue weighted by Crippen LogP contribution is 2.14. The van der Waals surface area contributed by atoms with Crippen molar-refractivity contribution in [3.63, 3.8) is 0 Å². The van der Waals surface area contributed by atoms with E-state index in [0.717, 1.165) is 24.0 Å². The van der Waals surface area contributed by atoms with E-state index in [-0.39, 0.29) is 24.4 Å². The molecule has 1 amide bonds. The largest absolute Gasteiger partial charge is 0.351 e. The Morgan fingerprint density at radius 3 is 2.41 bits per heavy atom. The Kier molecular flexibility index (Phi) is 11.5. The van der Waals surface area contributed by atoms with Crippen LogP contribution in [-0.2, 0) is 9.59 Å². The zero-order valence-corrected chi connectivity index (χ0v) is 17.4. The molecular weight excluding hydrogens is 362 g/mol. The highest BCUT2D eigenvalue weighted by molar-refractivity contribution is 5.88. The minimum atomic E-state index is -1.17. The van der Waals surface area contributed by atoms with Crippen LogP contribution in [0.5, 0.6) is 0 Å². The maximum Gasteiger partial charge on any atom is 0.243 e. The molecule has 6 heteroatoms. The summed E-state index contributed by atoms with van der Waals surface area (Å²) in [7, 11) is 0. The first-order valence-corrected chi connectivity index (χ1v) is 8.89. The van der Waals surface area contributed by atoms with Crippen molar-refractivity contribution in [2.45, 2.75) is 52.2 Å². The third-order valence-electron chi connectivity index (χ3n) is 3.88. The van der Waals surface area contributed by atoms with Gasteiger partial charge in [-0.1, -0.05) is 47.6 Å². The zero-order chi connectivity index (χ0) is 19.6. The first kappa shape index (κ1) is 25.1. The Hall–Kier alpha value is -1.95. The van der Waals surface area contributed by atoms with Crippen LogP contribution in [0, 0.1) is 0 Å². The van der Waals surface area contributed by atoms with Crippen LogP contribution >= 0.6 is 12.4 Å². The zero-order valence-electron chi connectivity index (χ0n) is 16.6. The molecule has 0 aliphatic rings. The molecule has 2 atom stereocenters. The summed E-state index contributed by atoms with van der Waals surface area (Å²) in [5, 5.41) is 5.97. The Bertz CT molecular complexity index is 651. The minimum Gasteiger partial charge on any atom is -0.351 e. The van der Waals surface area contributed by atoms with Gasteiger partial charge in [-0.25, -0.2) is 0 Å². The molecule has 0 fully saturated rings. The van der Waals surface area contributed by atoms with Gasteiger partial charge in [-0.05, 0) is 46.1 Å². The third-order valence-corrected chi connectivity index (χ3v) is 3.88. The van der Waals surface area contributed by atoms with Crippen LogP contribution in [0.25, 0.3) is 0 Å². The number of amides is 1. The molecule has 0 saturated heterocycles. The van der Waals surface area contributed by atoms with Gasteiger partial charge in [-0.15, -0.1) is 12.4 Å². The first-order chi connectivity index (χ1) is 12.2. The van der Waals surface area contributed by atoms with E-state index in [4.69, 9.17) is 5.73 Å². The lowest BCUT2D eigenvalue weighted by Crippen LogP contribution is -2.55. The van der Waals surface area contributed by atoms with Crippen LogP contribution in [-0.4, -0.2) is 24.4 Å². The summed E-state index contributed by atoms with van der Waals surface area (Å²) in [4.78, 5) is 23.3. The maximum atomic E-state index is 12.2. The van der Waals surface area contributed by atoms with Crippen molar-refractivity contribution in [3.05, 3.63) is 59.2 Å². The highest BCUT2D eigenvalue weighted by atomic mass is 35.5. The fourth-order valence-corrected chi connectivity index (χ4v) is 2.49. The second-order valence-corrected chi connectivity index (χ2v) is 7.06. The molecule has 150 valence electrons. The van der Waals surface area contributed by atoms with Crippen molar-refractivity contribution >= 4 is 24.6 Å². The first-order valence-electron chi connectivity index (χ1n) is 8.89. The van der Waals surface area contributed by atoms with Gasteiger partial charge in [0.2, 0.25) is 5.91 Å². The van der Waals surface area contributed by atoms with Crippen molar-refractivity contribution in [1.29, 1.82) is 0 Å². The molecule has 0 saturated carbocycles. The van der Waals surface area contributed by atoms with Gasteiger partial charge >= 0.3 is 0 Å². The van der Waals surface area contributed by atoms with E-state index in [2.05, 4.69) is 30.6 Å². The number of nitrogens with one attached hydrogen (secondary N) is 2. The predicted molar refractivity (Wildman–Crippen MR) is 114 cm³/mol. The molecule has 1 aromatic rings. The standard InChI is InChI=1S/C21H31N3O2.ClH/c1-16(2)9-8-10-17(3)13-20(26)23-14-19(24-21(4,22)15-25)18-11-6-5-7-12-18;/h5-7,9,11-13,15,19,24H,8,10,14,22H2,1-4H3,(H,23,26);1H/t19?,21-;/m0./s1. The SMILES string of the molecule is CC(C)=CCCC(C)=CC(=O)NCC(N[C@](C)(N)C=O)c1ccccc1.Cl. The van der Waals surface area contributed by atoms with Crippen LogP contribution in [0.4, 0.5) is 0 Å². The van der Waals surface area contributed by atoms with Crippen molar-refractivity contribution in [3.8, 4) is 0 Å². The molecule has 0 aliphatic heterocycles. The van der Waals surface area contributed by atoms with E-state index in [0.29, 0.717) is 12.8 Å². The lowest BCUT2D eigenvalue weighted by atomic mass is 10.0. The van der Waals surface area contributed by atoms with E-state index >= 15 is 0 Å². The van der Waals surface area contributed by atoms with Crippen molar-refractivity contribution in [2.75, 3.05) is 6.54 Å². The van der Waals surface area contributed by atoms with Gasteiger partial charge in [0, 0.05) is 12.6 Å². The molecule has 1 unspecified atom stereocenters. The second-order valence-electron chi connectivity index (χ2n) is 7.06. The Balaban J connectivity index is 0.00000676. The number of halogens is 1. The van der Waals surface area contributed by atoms with E-state index in [1.165, 1.54) is 5.57 Å². The van der Waals surface area contributed by atoms with Gasteiger partial charge < -0.3 is 11.1 Å². The molecule has 5 nitrogen and oxygen atoms in total. The number of benzene rings is 1. The second kappa shape index (κ2) is 12.4. The lowest BCUT2D eigenvalue weighted by Gasteiger charge is -2.27. The van der Waals surface area contributed by atoms with Gasteiger partial charge in [0.25, 0.3) is 0 Å². The summed E-state index contributed by atoms with van der Waals surface area (Å²) < 4.78 is 0. The van der Waals surface area contributed by atoms with Gasteiger partial charge in [-0.2, -0.15) is 0 Å². The summed E-state index contributed by atoms with van der Waals surface area (Å²) in [5.74, 6) is -0.146. The molecule has 0 aromatic heterocycles. The average Bonchev–Trinajstić information content (AvgIpc) is 2.59.